The topological polar surface area (TPSA) is 75.4 Å². The lowest BCUT2D eigenvalue weighted by molar-refractivity contribution is 0.0948. The minimum Gasteiger partial charge on any atom is -0.366 e. The van der Waals surface area contributed by atoms with E-state index >= 15 is 0 Å². The Balaban J connectivity index is 1.69. The first-order valence-corrected chi connectivity index (χ1v) is 8.46. The van der Waals surface area contributed by atoms with Gasteiger partial charge in [-0.3, -0.25) is 9.59 Å². The summed E-state index contributed by atoms with van der Waals surface area (Å²) in [6.07, 6.45) is 7.59. The fourth-order valence-electron chi connectivity index (χ4n) is 3.12. The first-order chi connectivity index (χ1) is 11.1. The summed E-state index contributed by atoms with van der Waals surface area (Å²) in [5.74, 6) is -0.593. The second kappa shape index (κ2) is 8.67. The van der Waals surface area contributed by atoms with E-state index < -0.39 is 5.91 Å². The van der Waals surface area contributed by atoms with Crippen molar-refractivity contribution in [1.82, 2.24) is 10.2 Å². The van der Waals surface area contributed by atoms with Gasteiger partial charge in [0.2, 0.25) is 5.91 Å². The van der Waals surface area contributed by atoms with Crippen LogP contribution in [0.1, 0.15) is 59.2 Å². The van der Waals surface area contributed by atoms with Gasteiger partial charge in [0, 0.05) is 23.7 Å². The highest BCUT2D eigenvalue weighted by Gasteiger charge is 2.17. The van der Waals surface area contributed by atoms with Crippen LogP contribution < -0.4 is 11.1 Å². The fraction of sp³-hybridized carbons (Fsp3) is 0.556. The molecule has 1 saturated carbocycles. The van der Waals surface area contributed by atoms with Crippen LogP contribution in [0.25, 0.3) is 0 Å². The summed E-state index contributed by atoms with van der Waals surface area (Å²) in [5, 5.41) is 2.92. The van der Waals surface area contributed by atoms with Crippen molar-refractivity contribution in [3.8, 4) is 0 Å². The Bertz CT molecular complexity index is 522. The summed E-state index contributed by atoms with van der Waals surface area (Å²) in [6.45, 7) is 1.67. The van der Waals surface area contributed by atoms with E-state index in [-0.39, 0.29) is 5.91 Å². The van der Waals surface area contributed by atoms with Gasteiger partial charge in [0.1, 0.15) is 0 Å². The van der Waals surface area contributed by atoms with E-state index in [0.29, 0.717) is 23.7 Å². The molecule has 5 nitrogen and oxygen atoms in total. The van der Waals surface area contributed by atoms with Crippen LogP contribution in [0.3, 0.4) is 0 Å². The average molecular weight is 317 g/mol. The van der Waals surface area contributed by atoms with Gasteiger partial charge < -0.3 is 16.0 Å². The molecule has 0 aromatic heterocycles. The van der Waals surface area contributed by atoms with Crippen molar-refractivity contribution in [2.75, 3.05) is 20.1 Å². The Kier molecular flexibility index (Phi) is 6.59. The number of nitrogens with two attached hydrogens (primary N) is 1. The largest absolute Gasteiger partial charge is 0.366 e. The average Bonchev–Trinajstić information content (AvgIpc) is 2.59. The number of hydrogen-bond donors (Lipinski definition) is 2. The van der Waals surface area contributed by atoms with E-state index in [9.17, 15) is 9.59 Å². The number of benzene rings is 1. The maximum Gasteiger partial charge on any atom is 0.251 e. The van der Waals surface area contributed by atoms with Crippen LogP contribution in [-0.2, 0) is 0 Å². The van der Waals surface area contributed by atoms with Gasteiger partial charge in [-0.1, -0.05) is 19.3 Å². The highest BCUT2D eigenvalue weighted by Crippen LogP contribution is 2.21. The molecule has 0 atom stereocenters. The molecule has 0 aliphatic heterocycles. The number of hydrogen-bond acceptors (Lipinski definition) is 3. The molecule has 1 fully saturated rings. The molecule has 1 aromatic rings. The molecule has 0 heterocycles. The number of primary amides is 1. The molecule has 23 heavy (non-hydrogen) atoms. The standard InChI is InChI=1S/C18H27N3O2/c1-21(16-6-3-2-4-7-16)13-5-12-20-18(23)15-10-8-14(9-11-15)17(19)22/h8-11,16H,2-7,12-13H2,1H3,(H2,19,22)(H,20,23). The summed E-state index contributed by atoms with van der Waals surface area (Å²) in [4.78, 5) is 25.5. The number of nitrogens with zero attached hydrogens (tertiary/aromatic N) is 1. The molecule has 1 aliphatic rings. The van der Waals surface area contributed by atoms with Gasteiger partial charge in [-0.15, -0.1) is 0 Å². The third-order valence-corrected chi connectivity index (χ3v) is 4.60. The molecule has 0 radical (unpaired) electrons. The molecule has 1 aliphatic carbocycles. The number of nitrogens with one attached hydrogen (secondary N) is 1. The summed E-state index contributed by atoms with van der Waals surface area (Å²) in [7, 11) is 2.18. The highest BCUT2D eigenvalue weighted by molar-refractivity contribution is 5.97. The minimum atomic E-state index is -0.484. The van der Waals surface area contributed by atoms with E-state index in [4.69, 9.17) is 5.73 Å². The fourth-order valence-corrected chi connectivity index (χ4v) is 3.12. The van der Waals surface area contributed by atoms with Crippen molar-refractivity contribution >= 4 is 11.8 Å². The Labute approximate surface area is 138 Å². The molecule has 1 aromatic carbocycles. The lowest BCUT2D eigenvalue weighted by atomic mass is 9.94. The van der Waals surface area contributed by atoms with Gasteiger partial charge in [-0.05, 0) is 57.1 Å². The summed E-state index contributed by atoms with van der Waals surface area (Å²) in [6, 6.07) is 7.12. The SMILES string of the molecule is CN(CCCNC(=O)c1ccc(C(N)=O)cc1)C1CCCCC1. The van der Waals surface area contributed by atoms with Crippen LogP contribution in [0.5, 0.6) is 0 Å². The van der Waals surface area contributed by atoms with Gasteiger partial charge in [0.15, 0.2) is 0 Å². The van der Waals surface area contributed by atoms with Crippen molar-refractivity contribution in [3.05, 3.63) is 35.4 Å². The minimum absolute atomic E-state index is 0.110. The van der Waals surface area contributed by atoms with E-state index in [1.807, 2.05) is 0 Å². The van der Waals surface area contributed by atoms with Crippen LogP contribution >= 0.6 is 0 Å². The lowest BCUT2D eigenvalue weighted by Gasteiger charge is -2.31. The molecule has 5 heteroatoms. The first kappa shape index (κ1) is 17.5. The van der Waals surface area contributed by atoms with Crippen LogP contribution in [0.15, 0.2) is 24.3 Å². The molecule has 2 amide bonds. The molecule has 0 unspecified atom stereocenters. The van der Waals surface area contributed by atoms with E-state index in [1.54, 1.807) is 24.3 Å². The molecule has 3 N–H and O–H groups in total. The summed E-state index contributed by atoms with van der Waals surface area (Å²) >= 11 is 0. The van der Waals surface area contributed by atoms with Gasteiger partial charge in [-0.25, -0.2) is 0 Å². The normalized spacial score (nSPS) is 15.6. The predicted octanol–water partition coefficient (Wildman–Crippen LogP) is 2.17. The molecule has 0 saturated heterocycles. The summed E-state index contributed by atoms with van der Waals surface area (Å²) in [5.41, 5.74) is 6.15. The lowest BCUT2D eigenvalue weighted by Crippen LogP contribution is -2.35. The Morgan fingerprint density at radius 3 is 2.35 bits per heavy atom. The van der Waals surface area contributed by atoms with Crippen LogP contribution in [0.4, 0.5) is 0 Å². The van der Waals surface area contributed by atoms with Gasteiger partial charge in [-0.2, -0.15) is 0 Å². The van der Waals surface area contributed by atoms with Crippen molar-refractivity contribution in [2.24, 2.45) is 5.73 Å². The van der Waals surface area contributed by atoms with Crippen LogP contribution in [-0.4, -0.2) is 42.9 Å². The summed E-state index contributed by atoms with van der Waals surface area (Å²) < 4.78 is 0. The molecule has 0 bridgehead atoms. The second-order valence-electron chi connectivity index (χ2n) is 6.32. The Morgan fingerprint density at radius 2 is 1.74 bits per heavy atom. The van der Waals surface area contributed by atoms with Gasteiger partial charge in [0.25, 0.3) is 5.91 Å². The number of carbonyl (C=O) groups excluding carboxylic acids is 2. The Morgan fingerprint density at radius 1 is 1.13 bits per heavy atom. The third kappa shape index (κ3) is 5.36. The van der Waals surface area contributed by atoms with Crippen molar-refractivity contribution in [3.63, 3.8) is 0 Å². The zero-order valence-corrected chi connectivity index (χ0v) is 13.9. The third-order valence-electron chi connectivity index (χ3n) is 4.60. The van der Waals surface area contributed by atoms with Gasteiger partial charge >= 0.3 is 0 Å². The zero-order valence-electron chi connectivity index (χ0n) is 13.9. The van der Waals surface area contributed by atoms with E-state index in [0.717, 1.165) is 13.0 Å². The highest BCUT2D eigenvalue weighted by atomic mass is 16.2. The monoisotopic (exact) mass is 317 g/mol. The zero-order chi connectivity index (χ0) is 16.7. The molecule has 0 spiro atoms. The number of rotatable bonds is 7. The quantitative estimate of drug-likeness (QED) is 0.757. The van der Waals surface area contributed by atoms with Crippen molar-refractivity contribution in [2.45, 2.75) is 44.6 Å². The molecule has 126 valence electrons. The maximum atomic E-state index is 12.0. The predicted molar refractivity (Wildman–Crippen MR) is 91.4 cm³/mol. The van der Waals surface area contributed by atoms with Crippen molar-refractivity contribution < 1.29 is 9.59 Å². The van der Waals surface area contributed by atoms with Crippen LogP contribution in [0, 0.1) is 0 Å². The maximum absolute atomic E-state index is 12.0. The number of amides is 2. The van der Waals surface area contributed by atoms with E-state index in [1.165, 1.54) is 32.1 Å². The molecular weight excluding hydrogens is 290 g/mol. The first-order valence-electron chi connectivity index (χ1n) is 8.46. The number of carbonyl (C=O) groups is 2. The van der Waals surface area contributed by atoms with Crippen LogP contribution in [0.2, 0.25) is 0 Å². The second-order valence-corrected chi connectivity index (χ2v) is 6.32. The van der Waals surface area contributed by atoms with E-state index in [2.05, 4.69) is 17.3 Å². The molecule has 2 rings (SSSR count). The van der Waals surface area contributed by atoms with Crippen molar-refractivity contribution in [1.29, 1.82) is 0 Å². The smallest absolute Gasteiger partial charge is 0.251 e. The van der Waals surface area contributed by atoms with Gasteiger partial charge in [0.05, 0.1) is 0 Å². The molecular formula is C18H27N3O2. The Hall–Kier alpha value is -1.88.